The van der Waals surface area contributed by atoms with E-state index < -0.39 is 0 Å². The summed E-state index contributed by atoms with van der Waals surface area (Å²) in [5, 5.41) is 2.81. The summed E-state index contributed by atoms with van der Waals surface area (Å²) >= 11 is 0. The number of aromatic nitrogens is 1. The van der Waals surface area contributed by atoms with Crippen LogP contribution in [0.4, 0.5) is 15.0 Å². The number of Topliss-reactive ketones (excluding diaryl/α,β-unsaturated/α-hetero) is 1. The molecule has 7 nitrogen and oxygen atoms in total. The molecule has 1 saturated heterocycles. The van der Waals surface area contributed by atoms with Crippen LogP contribution in [0.25, 0.3) is 0 Å². The van der Waals surface area contributed by atoms with Crippen LogP contribution in [0, 0.1) is 11.7 Å². The molecule has 3 rings (SSSR count). The first-order valence-corrected chi connectivity index (χ1v) is 10.4. The number of halogens is 1. The number of amides is 2. The van der Waals surface area contributed by atoms with Crippen LogP contribution in [-0.4, -0.2) is 66.9 Å². The van der Waals surface area contributed by atoms with Gasteiger partial charge in [-0.05, 0) is 67.7 Å². The number of hydrogen-bond donors (Lipinski definition) is 1. The number of piperidine rings is 1. The summed E-state index contributed by atoms with van der Waals surface area (Å²) in [7, 11) is 3.40. The molecule has 166 valence electrons. The second-order valence-corrected chi connectivity index (χ2v) is 7.94. The third-order valence-corrected chi connectivity index (χ3v) is 5.49. The second kappa shape index (κ2) is 11.0. The summed E-state index contributed by atoms with van der Waals surface area (Å²) in [5.74, 6) is 0.541. The molecule has 1 aliphatic heterocycles. The molecule has 0 atom stereocenters. The predicted octanol–water partition coefficient (Wildman–Crippen LogP) is 3.43. The van der Waals surface area contributed by atoms with Crippen molar-refractivity contribution < 1.29 is 18.7 Å². The lowest BCUT2D eigenvalue weighted by molar-refractivity contribution is 0.0887. The number of hydrogen-bond acceptors (Lipinski definition) is 5. The minimum Gasteiger partial charge on any atom is -0.380 e. The van der Waals surface area contributed by atoms with Gasteiger partial charge in [0.1, 0.15) is 11.6 Å². The first kappa shape index (κ1) is 22.8. The molecule has 1 aromatic heterocycles. The van der Waals surface area contributed by atoms with Crippen LogP contribution in [0.1, 0.15) is 28.8 Å². The highest BCUT2D eigenvalue weighted by Crippen LogP contribution is 2.19. The fraction of sp³-hybridized carbons (Fsp3) is 0.435. The number of urea groups is 1. The Morgan fingerprint density at radius 3 is 2.52 bits per heavy atom. The third kappa shape index (κ3) is 6.83. The summed E-state index contributed by atoms with van der Waals surface area (Å²) < 4.78 is 18.1. The Kier molecular flexibility index (Phi) is 8.08. The number of carbonyl (C=O) groups excluding carboxylic acids is 2. The first-order chi connectivity index (χ1) is 14.9. The molecular formula is C23H29FN4O3. The van der Waals surface area contributed by atoms with Crippen LogP contribution >= 0.6 is 0 Å². The van der Waals surface area contributed by atoms with Crippen molar-refractivity contribution in [1.29, 1.82) is 0 Å². The van der Waals surface area contributed by atoms with E-state index in [1.165, 1.54) is 24.3 Å². The van der Waals surface area contributed by atoms with Crippen LogP contribution in [0.3, 0.4) is 0 Å². The largest absolute Gasteiger partial charge is 0.380 e. The predicted molar refractivity (Wildman–Crippen MR) is 116 cm³/mol. The van der Waals surface area contributed by atoms with Crippen molar-refractivity contribution in [3.8, 4) is 0 Å². The number of nitrogens with zero attached hydrogens (tertiary/aromatic N) is 3. The Balaban J connectivity index is 1.40. The number of benzene rings is 1. The molecule has 1 N–H and O–H groups in total. The highest BCUT2D eigenvalue weighted by molar-refractivity contribution is 5.97. The lowest BCUT2D eigenvalue weighted by Crippen LogP contribution is -2.42. The number of methoxy groups -OCH3 is 1. The van der Waals surface area contributed by atoms with E-state index in [1.54, 1.807) is 31.3 Å². The minimum atomic E-state index is -0.343. The third-order valence-electron chi connectivity index (χ3n) is 5.49. The van der Waals surface area contributed by atoms with Crippen molar-refractivity contribution >= 4 is 17.6 Å². The van der Waals surface area contributed by atoms with E-state index >= 15 is 0 Å². The van der Waals surface area contributed by atoms with Crippen LogP contribution < -0.4 is 5.32 Å². The zero-order valence-electron chi connectivity index (χ0n) is 18.0. The zero-order chi connectivity index (χ0) is 22.2. The van der Waals surface area contributed by atoms with E-state index in [4.69, 9.17) is 4.74 Å². The Morgan fingerprint density at radius 1 is 1.19 bits per heavy atom. The molecule has 8 heteroatoms. The topological polar surface area (TPSA) is 74.8 Å². The molecule has 0 unspecified atom stereocenters. The van der Waals surface area contributed by atoms with E-state index in [0.29, 0.717) is 37.0 Å². The smallest absolute Gasteiger partial charge is 0.322 e. The number of carbonyl (C=O) groups is 2. The van der Waals surface area contributed by atoms with Crippen molar-refractivity contribution in [3.05, 3.63) is 59.5 Å². The number of pyridine rings is 1. The van der Waals surface area contributed by atoms with Crippen molar-refractivity contribution in [3.63, 3.8) is 0 Å². The Bertz CT molecular complexity index is 865. The molecule has 0 saturated carbocycles. The maximum Gasteiger partial charge on any atom is 0.322 e. The fourth-order valence-electron chi connectivity index (χ4n) is 3.68. The summed E-state index contributed by atoms with van der Waals surface area (Å²) in [6, 6.07) is 9.11. The average Bonchev–Trinajstić information content (AvgIpc) is 2.77. The van der Waals surface area contributed by atoms with Gasteiger partial charge in [-0.25, -0.2) is 14.2 Å². The molecule has 0 aliphatic carbocycles. The van der Waals surface area contributed by atoms with E-state index in [1.807, 2.05) is 6.07 Å². The molecule has 1 fully saturated rings. The van der Waals surface area contributed by atoms with Crippen LogP contribution in [0.2, 0.25) is 0 Å². The lowest BCUT2D eigenvalue weighted by atomic mass is 9.96. The Hall–Kier alpha value is -2.84. The first-order valence-electron chi connectivity index (χ1n) is 10.4. The van der Waals surface area contributed by atoms with Gasteiger partial charge in [0.15, 0.2) is 5.78 Å². The van der Waals surface area contributed by atoms with Crippen LogP contribution in [-0.2, 0) is 11.3 Å². The van der Waals surface area contributed by atoms with Gasteiger partial charge in [0.05, 0.1) is 13.2 Å². The van der Waals surface area contributed by atoms with Gasteiger partial charge in [0.2, 0.25) is 0 Å². The quantitative estimate of drug-likeness (QED) is 0.652. The molecule has 0 bridgehead atoms. The van der Waals surface area contributed by atoms with Gasteiger partial charge in [-0.15, -0.1) is 0 Å². The number of anilines is 1. The number of ether oxygens (including phenoxy) is 1. The molecule has 31 heavy (non-hydrogen) atoms. The van der Waals surface area contributed by atoms with Gasteiger partial charge < -0.3 is 9.64 Å². The van der Waals surface area contributed by atoms with Crippen LogP contribution in [0.15, 0.2) is 42.6 Å². The van der Waals surface area contributed by atoms with Crippen molar-refractivity contribution in [2.24, 2.45) is 5.92 Å². The molecule has 2 amide bonds. The normalized spacial score (nSPS) is 14.9. The van der Waals surface area contributed by atoms with E-state index in [-0.39, 0.29) is 17.6 Å². The summed E-state index contributed by atoms with van der Waals surface area (Å²) in [6.07, 6.45) is 3.51. The Morgan fingerprint density at radius 2 is 1.90 bits per heavy atom. The summed E-state index contributed by atoms with van der Waals surface area (Å²) in [5.41, 5.74) is 1.47. The van der Waals surface area contributed by atoms with Gasteiger partial charge in [0.25, 0.3) is 0 Å². The number of rotatable bonds is 8. The highest BCUT2D eigenvalue weighted by Gasteiger charge is 2.23. The van der Waals surface area contributed by atoms with Crippen LogP contribution in [0.5, 0.6) is 0 Å². The number of likely N-dealkylation sites (tertiary alicyclic amines) is 1. The second-order valence-electron chi connectivity index (χ2n) is 7.94. The number of nitrogens with one attached hydrogen (secondary N) is 1. The molecular weight excluding hydrogens is 399 g/mol. The van der Waals surface area contributed by atoms with Gasteiger partial charge in [-0.2, -0.15) is 0 Å². The summed E-state index contributed by atoms with van der Waals surface area (Å²) in [4.78, 5) is 32.9. The highest BCUT2D eigenvalue weighted by atomic mass is 19.1. The Labute approximate surface area is 182 Å². The van der Waals surface area contributed by atoms with E-state index in [9.17, 15) is 14.0 Å². The molecule has 0 radical (unpaired) electrons. The van der Waals surface area contributed by atoms with Gasteiger partial charge >= 0.3 is 6.03 Å². The average molecular weight is 429 g/mol. The maximum atomic E-state index is 13.0. The van der Waals surface area contributed by atoms with Gasteiger partial charge in [-0.3, -0.25) is 15.0 Å². The summed E-state index contributed by atoms with van der Waals surface area (Å²) in [6.45, 7) is 3.06. The molecule has 1 aromatic carbocycles. The molecule has 0 spiro atoms. The van der Waals surface area contributed by atoms with Gasteiger partial charge in [-0.1, -0.05) is 6.07 Å². The standard InChI is InChI=1S/C23H29FN4O3/c1-27(23(30)26-22-8-3-18(13-25-22)16-31-2)14-17-9-11-28(12-10-17)15-21(29)19-4-6-20(24)7-5-19/h3-8,13,17H,9-12,14-16H2,1-2H3,(H,25,26,30). The van der Waals surface area contributed by atoms with E-state index in [0.717, 1.165) is 31.5 Å². The van der Waals surface area contributed by atoms with Crippen molar-refractivity contribution in [2.45, 2.75) is 19.4 Å². The molecule has 1 aliphatic rings. The van der Waals surface area contributed by atoms with Gasteiger partial charge in [0, 0.05) is 32.5 Å². The van der Waals surface area contributed by atoms with E-state index in [2.05, 4.69) is 15.2 Å². The van der Waals surface area contributed by atoms with Crippen molar-refractivity contribution in [1.82, 2.24) is 14.8 Å². The maximum absolute atomic E-state index is 13.0. The molecule has 2 aromatic rings. The molecule has 2 heterocycles. The monoisotopic (exact) mass is 428 g/mol. The van der Waals surface area contributed by atoms with Crippen molar-refractivity contribution in [2.75, 3.05) is 45.7 Å². The fourth-order valence-corrected chi connectivity index (χ4v) is 3.68. The minimum absolute atomic E-state index is 0.000960. The number of ketones is 1. The zero-order valence-corrected chi connectivity index (χ0v) is 18.0. The lowest BCUT2D eigenvalue weighted by Gasteiger charge is -2.33. The SMILES string of the molecule is COCc1ccc(NC(=O)N(C)CC2CCN(CC(=O)c3ccc(F)cc3)CC2)nc1.